The number of carbonyl (C=O) groups is 1. The highest BCUT2D eigenvalue weighted by molar-refractivity contribution is 5.76. The second-order valence-corrected chi connectivity index (χ2v) is 9.25. The van der Waals surface area contributed by atoms with E-state index in [1.54, 1.807) is 0 Å². The van der Waals surface area contributed by atoms with Crippen molar-refractivity contribution in [2.75, 3.05) is 18.0 Å². The van der Waals surface area contributed by atoms with Crippen molar-refractivity contribution in [3.63, 3.8) is 0 Å². The standard InChI is InChI=1S/C26H33N5O3/c1-17(2)21-6-8-22(9-7-21)26-29-25(34-30-26)12-11-24(32)28-14-20-5-10-23(27-13-20)31-15-18(3)33-19(4)16-31/h5-10,13,17-19H,11-12,14-16H2,1-4H3,(H,28,32). The second kappa shape index (κ2) is 10.8. The lowest BCUT2D eigenvalue weighted by Crippen LogP contribution is -2.45. The fraction of sp³-hybridized carbons (Fsp3) is 0.462. The Labute approximate surface area is 200 Å². The number of hydrogen-bond donors (Lipinski definition) is 1. The highest BCUT2D eigenvalue weighted by Crippen LogP contribution is 2.21. The molecule has 180 valence electrons. The van der Waals surface area contributed by atoms with E-state index in [1.807, 2.05) is 30.5 Å². The highest BCUT2D eigenvalue weighted by Gasteiger charge is 2.23. The van der Waals surface area contributed by atoms with E-state index in [1.165, 1.54) is 5.56 Å². The molecule has 8 nitrogen and oxygen atoms in total. The van der Waals surface area contributed by atoms with E-state index in [0.717, 1.165) is 30.0 Å². The Bertz CT molecular complexity index is 1070. The molecule has 1 aromatic carbocycles. The second-order valence-electron chi connectivity index (χ2n) is 9.25. The van der Waals surface area contributed by atoms with Crippen LogP contribution in [0.3, 0.4) is 0 Å². The molecule has 1 fully saturated rings. The molecule has 0 spiro atoms. The molecule has 0 radical (unpaired) electrons. The Kier molecular flexibility index (Phi) is 7.57. The molecule has 1 aliphatic heterocycles. The normalized spacial score (nSPS) is 18.3. The number of anilines is 1. The van der Waals surface area contributed by atoms with Crippen molar-refractivity contribution >= 4 is 11.7 Å². The van der Waals surface area contributed by atoms with E-state index in [-0.39, 0.29) is 24.5 Å². The number of rotatable bonds is 8. The molecule has 4 rings (SSSR count). The molecule has 3 heterocycles. The molecule has 2 atom stereocenters. The number of aryl methyl sites for hydroxylation is 1. The molecule has 1 amide bonds. The Balaban J connectivity index is 1.23. The quantitative estimate of drug-likeness (QED) is 0.537. The van der Waals surface area contributed by atoms with Gasteiger partial charge in [-0.25, -0.2) is 4.98 Å². The molecular formula is C26H33N5O3. The fourth-order valence-electron chi connectivity index (χ4n) is 4.07. The summed E-state index contributed by atoms with van der Waals surface area (Å²) in [6, 6.07) is 12.1. The first kappa shape index (κ1) is 23.9. The van der Waals surface area contributed by atoms with Gasteiger partial charge in [-0.2, -0.15) is 4.98 Å². The lowest BCUT2D eigenvalue weighted by molar-refractivity contribution is -0.121. The molecule has 0 bridgehead atoms. The Hall–Kier alpha value is -3.26. The summed E-state index contributed by atoms with van der Waals surface area (Å²) >= 11 is 0. The smallest absolute Gasteiger partial charge is 0.227 e. The molecule has 2 unspecified atom stereocenters. The maximum Gasteiger partial charge on any atom is 0.227 e. The van der Waals surface area contributed by atoms with E-state index in [2.05, 4.69) is 65.2 Å². The van der Waals surface area contributed by atoms with Crippen molar-refractivity contribution in [1.82, 2.24) is 20.4 Å². The van der Waals surface area contributed by atoms with Crippen LogP contribution in [-0.4, -0.2) is 46.3 Å². The molecule has 1 aliphatic rings. The van der Waals surface area contributed by atoms with Crippen LogP contribution < -0.4 is 10.2 Å². The summed E-state index contributed by atoms with van der Waals surface area (Å²) in [6.45, 7) is 10.5. The number of ether oxygens (including phenoxy) is 1. The van der Waals surface area contributed by atoms with Gasteiger partial charge in [-0.15, -0.1) is 0 Å². The Morgan fingerprint density at radius 1 is 1.12 bits per heavy atom. The molecular weight excluding hydrogens is 430 g/mol. The maximum atomic E-state index is 12.3. The number of nitrogens with one attached hydrogen (secondary N) is 1. The summed E-state index contributed by atoms with van der Waals surface area (Å²) in [7, 11) is 0. The summed E-state index contributed by atoms with van der Waals surface area (Å²) < 4.78 is 11.1. The molecule has 0 aliphatic carbocycles. The number of pyridine rings is 1. The predicted molar refractivity (Wildman–Crippen MR) is 130 cm³/mol. The summed E-state index contributed by atoms with van der Waals surface area (Å²) in [5.74, 6) is 2.34. The number of aromatic nitrogens is 3. The zero-order valence-electron chi connectivity index (χ0n) is 20.3. The summed E-state index contributed by atoms with van der Waals surface area (Å²) in [5, 5.41) is 6.99. The van der Waals surface area contributed by atoms with E-state index in [9.17, 15) is 4.79 Å². The van der Waals surface area contributed by atoms with Crippen molar-refractivity contribution in [2.24, 2.45) is 0 Å². The van der Waals surface area contributed by atoms with Gasteiger partial charge in [0, 0.05) is 44.2 Å². The number of nitrogens with zero attached hydrogens (tertiary/aromatic N) is 4. The van der Waals surface area contributed by atoms with Gasteiger partial charge in [-0.05, 0) is 37.0 Å². The molecule has 1 saturated heterocycles. The molecule has 1 N–H and O–H groups in total. The van der Waals surface area contributed by atoms with Crippen LogP contribution in [0.5, 0.6) is 0 Å². The van der Waals surface area contributed by atoms with Crippen molar-refractivity contribution in [3.05, 3.63) is 59.6 Å². The fourth-order valence-corrected chi connectivity index (χ4v) is 4.07. The summed E-state index contributed by atoms with van der Waals surface area (Å²) in [4.78, 5) is 23.5. The lowest BCUT2D eigenvalue weighted by Gasteiger charge is -2.36. The van der Waals surface area contributed by atoms with Crippen LogP contribution >= 0.6 is 0 Å². The number of hydrogen-bond acceptors (Lipinski definition) is 7. The minimum Gasteiger partial charge on any atom is -0.372 e. The number of benzene rings is 1. The van der Waals surface area contributed by atoms with Crippen LogP contribution in [0.1, 0.15) is 57.1 Å². The summed E-state index contributed by atoms with van der Waals surface area (Å²) in [6.07, 6.45) is 2.86. The van der Waals surface area contributed by atoms with Crippen LogP contribution in [-0.2, 0) is 22.5 Å². The van der Waals surface area contributed by atoms with Gasteiger partial charge in [-0.3, -0.25) is 4.79 Å². The monoisotopic (exact) mass is 463 g/mol. The summed E-state index contributed by atoms with van der Waals surface area (Å²) in [5.41, 5.74) is 3.12. The third-order valence-corrected chi connectivity index (χ3v) is 5.91. The largest absolute Gasteiger partial charge is 0.372 e. The zero-order valence-corrected chi connectivity index (χ0v) is 20.3. The van der Waals surface area contributed by atoms with Crippen molar-refractivity contribution in [3.8, 4) is 11.4 Å². The van der Waals surface area contributed by atoms with Gasteiger partial charge >= 0.3 is 0 Å². The van der Waals surface area contributed by atoms with Gasteiger partial charge in [-0.1, -0.05) is 49.3 Å². The Morgan fingerprint density at radius 3 is 2.50 bits per heavy atom. The minimum atomic E-state index is -0.0686. The average Bonchev–Trinajstić information content (AvgIpc) is 3.30. The van der Waals surface area contributed by atoms with Crippen molar-refractivity contribution in [1.29, 1.82) is 0 Å². The molecule has 8 heteroatoms. The van der Waals surface area contributed by atoms with Crippen molar-refractivity contribution in [2.45, 2.75) is 65.2 Å². The van der Waals surface area contributed by atoms with Crippen LogP contribution in [0.2, 0.25) is 0 Å². The molecule has 2 aromatic heterocycles. The maximum absolute atomic E-state index is 12.3. The van der Waals surface area contributed by atoms with Gasteiger partial charge in [0.2, 0.25) is 17.6 Å². The van der Waals surface area contributed by atoms with E-state index < -0.39 is 0 Å². The first-order valence-electron chi connectivity index (χ1n) is 11.9. The van der Waals surface area contributed by atoms with Crippen LogP contribution in [0.15, 0.2) is 47.1 Å². The third-order valence-electron chi connectivity index (χ3n) is 5.91. The topological polar surface area (TPSA) is 93.4 Å². The van der Waals surface area contributed by atoms with Gasteiger partial charge in [0.1, 0.15) is 5.82 Å². The third kappa shape index (κ3) is 6.20. The minimum absolute atomic E-state index is 0.0686. The zero-order chi connectivity index (χ0) is 24.1. The van der Waals surface area contributed by atoms with Crippen LogP contribution in [0, 0.1) is 0 Å². The first-order valence-corrected chi connectivity index (χ1v) is 11.9. The average molecular weight is 464 g/mol. The van der Waals surface area contributed by atoms with Gasteiger partial charge in [0.15, 0.2) is 0 Å². The first-order chi connectivity index (χ1) is 16.4. The highest BCUT2D eigenvalue weighted by atomic mass is 16.5. The Morgan fingerprint density at radius 2 is 1.85 bits per heavy atom. The van der Waals surface area contributed by atoms with Crippen LogP contribution in [0.4, 0.5) is 5.82 Å². The molecule has 0 saturated carbocycles. The predicted octanol–water partition coefficient (Wildman–Crippen LogP) is 4.12. The van der Waals surface area contributed by atoms with E-state index in [0.29, 0.717) is 30.6 Å². The van der Waals surface area contributed by atoms with E-state index >= 15 is 0 Å². The number of carbonyl (C=O) groups excluding carboxylic acids is 1. The lowest BCUT2D eigenvalue weighted by atomic mass is 10.0. The van der Waals surface area contributed by atoms with Gasteiger partial charge in [0.25, 0.3) is 0 Å². The van der Waals surface area contributed by atoms with E-state index in [4.69, 9.17) is 9.26 Å². The van der Waals surface area contributed by atoms with Crippen LogP contribution in [0.25, 0.3) is 11.4 Å². The number of amides is 1. The SMILES string of the molecule is CC1CN(c2ccc(CNC(=O)CCc3nc(-c4ccc(C(C)C)cc4)no3)cn2)CC(C)O1. The molecule has 34 heavy (non-hydrogen) atoms. The number of morpholine rings is 1. The van der Waals surface area contributed by atoms with Gasteiger partial charge < -0.3 is 19.5 Å². The van der Waals surface area contributed by atoms with Gasteiger partial charge in [0.05, 0.1) is 12.2 Å². The molecule has 3 aromatic rings. The van der Waals surface area contributed by atoms with Crippen molar-refractivity contribution < 1.29 is 14.1 Å².